The highest BCUT2D eigenvalue weighted by Crippen LogP contribution is 2.06. The summed E-state index contributed by atoms with van der Waals surface area (Å²) in [5.74, 6) is 0. The van der Waals surface area contributed by atoms with Crippen LogP contribution in [0.3, 0.4) is 0 Å². The number of rotatable bonds is 10. The van der Waals surface area contributed by atoms with Gasteiger partial charge in [0.2, 0.25) is 0 Å². The minimum Gasteiger partial charge on any atom is -0.0724 e. The summed E-state index contributed by atoms with van der Waals surface area (Å²) in [7, 11) is 2.12. The Labute approximate surface area is 105 Å². The van der Waals surface area contributed by atoms with E-state index in [9.17, 15) is 0 Å². The maximum absolute atomic E-state index is 2.48. The van der Waals surface area contributed by atoms with Crippen molar-refractivity contribution in [2.24, 2.45) is 0 Å². The van der Waals surface area contributed by atoms with Gasteiger partial charge in [0, 0.05) is 36.6 Å². The lowest BCUT2D eigenvalue weighted by Crippen LogP contribution is -2.05. The predicted molar refractivity (Wildman–Crippen MR) is 82.3 cm³/mol. The molecule has 4 heteroatoms. The van der Waals surface area contributed by atoms with Crippen LogP contribution in [0.5, 0.6) is 0 Å². The van der Waals surface area contributed by atoms with E-state index in [1.54, 1.807) is 11.3 Å². The second kappa shape index (κ2) is 11.4. The molecule has 0 aromatic rings. The first-order valence-corrected chi connectivity index (χ1v) is 15.6. The summed E-state index contributed by atoms with van der Waals surface area (Å²) in [4.78, 5) is 0. The van der Waals surface area contributed by atoms with E-state index in [1.165, 1.54) is 50.4 Å². The fourth-order valence-corrected chi connectivity index (χ4v) is 8.71. The van der Waals surface area contributed by atoms with Gasteiger partial charge in [0.1, 0.15) is 0 Å². The molecule has 0 atom stereocenters. The highest BCUT2D eigenvalue weighted by Gasteiger charge is 1.98. The summed E-state index contributed by atoms with van der Waals surface area (Å²) in [6, 6.07) is 3.07. The summed E-state index contributed by atoms with van der Waals surface area (Å²) < 4.78 is 0. The zero-order valence-corrected chi connectivity index (χ0v) is 15.4. The van der Waals surface area contributed by atoms with Crippen LogP contribution < -0.4 is 0 Å². The van der Waals surface area contributed by atoms with Gasteiger partial charge in [-0.25, -0.2) is 0 Å². The second-order valence-electron chi connectivity index (χ2n) is 5.26. The fourth-order valence-electron chi connectivity index (χ4n) is 1.46. The molecule has 15 heavy (non-hydrogen) atoms. The normalized spacial score (nSPS) is 11.6. The molecule has 0 aliphatic rings. The zero-order valence-electron chi connectivity index (χ0n) is 11.1. The van der Waals surface area contributed by atoms with Crippen LogP contribution in [0.1, 0.15) is 19.3 Å². The molecule has 0 amide bonds. The lowest BCUT2D eigenvalue weighted by Gasteiger charge is -2.03. The molecular formula is C11H28Si4. The van der Waals surface area contributed by atoms with E-state index < -0.39 is 0 Å². The maximum atomic E-state index is 2.48. The molecule has 0 aliphatic heterocycles. The molecule has 0 rings (SSSR count). The average molecular weight is 273 g/mol. The van der Waals surface area contributed by atoms with E-state index >= 15 is 0 Å². The van der Waals surface area contributed by atoms with E-state index in [-0.39, 0.29) is 17.6 Å². The van der Waals surface area contributed by atoms with Crippen molar-refractivity contribution in [1.82, 2.24) is 0 Å². The van der Waals surface area contributed by atoms with Gasteiger partial charge in [-0.05, 0) is 0 Å². The molecule has 0 N–H and O–H groups in total. The Morgan fingerprint density at radius 3 is 1.40 bits per heavy atom. The number of hydrogen-bond donors (Lipinski definition) is 0. The molecule has 0 aliphatic carbocycles. The zero-order chi connectivity index (χ0) is 11.5. The maximum Gasteiger partial charge on any atom is 0.0344 e. The van der Waals surface area contributed by atoms with Crippen molar-refractivity contribution in [3.05, 3.63) is 0 Å². The Bertz CT molecular complexity index is 112. The van der Waals surface area contributed by atoms with Crippen LogP contribution in [0.15, 0.2) is 0 Å². The fraction of sp³-hybridized carbons (Fsp3) is 1.00. The van der Waals surface area contributed by atoms with E-state index in [0.29, 0.717) is 0 Å². The third-order valence-electron chi connectivity index (χ3n) is 2.31. The third-order valence-corrected chi connectivity index (χ3v) is 12.6. The molecule has 88 valence electrons. The van der Waals surface area contributed by atoms with E-state index in [0.717, 1.165) is 0 Å². The number of unbranched alkanes of at least 4 members (excludes halogenated alkanes) is 2. The van der Waals surface area contributed by atoms with Gasteiger partial charge in [-0.3, -0.25) is 0 Å². The van der Waals surface area contributed by atoms with E-state index in [2.05, 4.69) is 26.2 Å². The average Bonchev–Trinajstić information content (AvgIpc) is 2.14. The van der Waals surface area contributed by atoms with Gasteiger partial charge in [0.05, 0.1) is 0 Å². The summed E-state index contributed by atoms with van der Waals surface area (Å²) in [5, 5.41) is 0. The Morgan fingerprint density at radius 2 is 1.07 bits per heavy atom. The lowest BCUT2D eigenvalue weighted by atomic mass is 10.3. The van der Waals surface area contributed by atoms with Crippen LogP contribution in [0.4, 0.5) is 0 Å². The summed E-state index contributed by atoms with van der Waals surface area (Å²) >= 11 is 0. The number of hydrogen-bond acceptors (Lipinski definition) is 0. The molecular weight excluding hydrogens is 244 g/mol. The molecule has 0 aromatic carbocycles. The molecule has 0 aromatic heterocycles. The van der Waals surface area contributed by atoms with Crippen molar-refractivity contribution in [3.63, 3.8) is 0 Å². The largest absolute Gasteiger partial charge is 0.0724 e. The Morgan fingerprint density at radius 1 is 0.667 bits per heavy atom. The van der Waals surface area contributed by atoms with Crippen molar-refractivity contribution in [2.75, 3.05) is 0 Å². The Hall–Kier alpha value is 0.868. The molecule has 0 bridgehead atoms. The minimum atomic E-state index is -0.234. The minimum absolute atomic E-state index is 0.234. The smallest absolute Gasteiger partial charge is 0.0344 e. The molecule has 0 fully saturated rings. The van der Waals surface area contributed by atoms with Gasteiger partial charge >= 0.3 is 0 Å². The lowest BCUT2D eigenvalue weighted by molar-refractivity contribution is 0.765. The highest BCUT2D eigenvalue weighted by molar-refractivity contribution is 6.68. The van der Waals surface area contributed by atoms with Gasteiger partial charge in [0.25, 0.3) is 0 Å². The molecule has 0 saturated carbocycles. The SMILES string of the molecule is C[SiH](C)C[Si]CCCCC[Si]C[SiH](C)C. The van der Waals surface area contributed by atoms with E-state index in [1.807, 2.05) is 0 Å². The van der Waals surface area contributed by atoms with Crippen LogP contribution >= 0.6 is 0 Å². The summed E-state index contributed by atoms with van der Waals surface area (Å²) in [6.07, 6.45) is 4.55. The van der Waals surface area contributed by atoms with Gasteiger partial charge in [0.15, 0.2) is 0 Å². The highest BCUT2D eigenvalue weighted by atomic mass is 28.3. The molecule has 0 heterocycles. The third kappa shape index (κ3) is 14.9. The standard InChI is InChI=1S/C11H28Si4/c1-14(2)10-12-8-6-5-7-9-13-11-15(3)4/h14-15H,5-11H2,1-4H3. The summed E-state index contributed by atoms with van der Waals surface area (Å²) in [5.41, 5.74) is 3.20. The first-order valence-electron chi connectivity index (χ1n) is 6.54. The van der Waals surface area contributed by atoms with Gasteiger partial charge in [-0.15, -0.1) is 0 Å². The van der Waals surface area contributed by atoms with Crippen molar-refractivity contribution in [1.29, 1.82) is 0 Å². The van der Waals surface area contributed by atoms with Gasteiger partial charge in [-0.1, -0.05) is 68.9 Å². The molecule has 0 unspecified atom stereocenters. The second-order valence-corrected chi connectivity index (χ2v) is 16.1. The van der Waals surface area contributed by atoms with Crippen LogP contribution in [0.2, 0.25) is 49.6 Å². The van der Waals surface area contributed by atoms with E-state index in [4.69, 9.17) is 0 Å². The van der Waals surface area contributed by atoms with Gasteiger partial charge < -0.3 is 0 Å². The Balaban J connectivity index is 2.93. The quantitative estimate of drug-likeness (QED) is 0.423. The molecule has 0 spiro atoms. The Kier molecular flexibility index (Phi) is 12.0. The van der Waals surface area contributed by atoms with Crippen LogP contribution in [-0.4, -0.2) is 36.6 Å². The van der Waals surface area contributed by atoms with Crippen molar-refractivity contribution < 1.29 is 0 Å². The molecule has 0 nitrogen and oxygen atoms in total. The van der Waals surface area contributed by atoms with Gasteiger partial charge in [-0.2, -0.15) is 0 Å². The topological polar surface area (TPSA) is 0 Å². The van der Waals surface area contributed by atoms with Crippen LogP contribution in [0.25, 0.3) is 0 Å². The first kappa shape index (κ1) is 15.9. The predicted octanol–water partition coefficient (Wildman–Crippen LogP) is 3.29. The van der Waals surface area contributed by atoms with Crippen molar-refractivity contribution in [2.45, 2.75) is 68.9 Å². The summed E-state index contributed by atoms with van der Waals surface area (Å²) in [6.45, 7) is 9.90. The van der Waals surface area contributed by atoms with Crippen LogP contribution in [-0.2, 0) is 0 Å². The monoisotopic (exact) mass is 272 g/mol. The van der Waals surface area contributed by atoms with Crippen molar-refractivity contribution in [3.8, 4) is 0 Å². The molecule has 4 radical (unpaired) electrons. The van der Waals surface area contributed by atoms with Crippen molar-refractivity contribution >= 4 is 36.6 Å². The van der Waals surface area contributed by atoms with Crippen LogP contribution in [0, 0.1) is 0 Å². The molecule has 0 saturated heterocycles. The first-order chi connectivity index (χ1) is 7.13.